The van der Waals surface area contributed by atoms with Crippen molar-refractivity contribution in [1.82, 2.24) is 5.32 Å². The van der Waals surface area contributed by atoms with Crippen molar-refractivity contribution in [1.29, 1.82) is 0 Å². The fourth-order valence-electron chi connectivity index (χ4n) is 2.97. The van der Waals surface area contributed by atoms with Gasteiger partial charge in [-0.3, -0.25) is 4.79 Å². The Kier molecular flexibility index (Phi) is 5.90. The van der Waals surface area contributed by atoms with Crippen LogP contribution in [0.5, 0.6) is 0 Å². The molecule has 1 amide bonds. The van der Waals surface area contributed by atoms with Crippen LogP contribution in [0, 0.1) is 5.92 Å². The van der Waals surface area contributed by atoms with E-state index >= 15 is 0 Å². The second kappa shape index (κ2) is 7.93. The van der Waals surface area contributed by atoms with E-state index in [1.54, 1.807) is 0 Å². The molecule has 0 spiro atoms. The van der Waals surface area contributed by atoms with E-state index in [4.69, 9.17) is 5.73 Å². The molecule has 1 aromatic carbocycles. The van der Waals surface area contributed by atoms with Crippen LogP contribution in [-0.2, 0) is 11.2 Å². The Balaban J connectivity index is 1.54. The van der Waals surface area contributed by atoms with E-state index in [9.17, 15) is 4.79 Å². The maximum Gasteiger partial charge on any atom is 0.220 e. The second-order valence-electron chi connectivity index (χ2n) is 5.88. The van der Waals surface area contributed by atoms with Gasteiger partial charge in [-0.05, 0) is 42.9 Å². The van der Waals surface area contributed by atoms with Crippen molar-refractivity contribution in [3.05, 3.63) is 29.8 Å². The number of hydrogen-bond donors (Lipinski definition) is 2. The summed E-state index contributed by atoms with van der Waals surface area (Å²) in [6, 6.07) is 7.83. The molecule has 3 N–H and O–H groups in total. The highest BCUT2D eigenvalue weighted by Crippen LogP contribution is 2.28. The zero-order valence-corrected chi connectivity index (χ0v) is 12.2. The zero-order chi connectivity index (χ0) is 14.2. The van der Waals surface area contributed by atoms with Crippen LogP contribution in [0.3, 0.4) is 0 Å². The fourth-order valence-corrected chi connectivity index (χ4v) is 2.97. The molecule has 0 aromatic heterocycles. The minimum absolute atomic E-state index is 0.193. The zero-order valence-electron chi connectivity index (χ0n) is 12.2. The first-order chi connectivity index (χ1) is 9.74. The van der Waals surface area contributed by atoms with Gasteiger partial charge >= 0.3 is 0 Å². The molecule has 0 radical (unpaired) electrons. The van der Waals surface area contributed by atoms with Crippen LogP contribution in [0.4, 0.5) is 5.69 Å². The number of nitrogens with one attached hydrogen (secondary N) is 1. The van der Waals surface area contributed by atoms with E-state index in [2.05, 4.69) is 5.32 Å². The summed E-state index contributed by atoms with van der Waals surface area (Å²) in [5.74, 6) is 1.08. The molecule has 3 nitrogen and oxygen atoms in total. The minimum atomic E-state index is 0.193. The lowest BCUT2D eigenvalue weighted by molar-refractivity contribution is -0.121. The van der Waals surface area contributed by atoms with Crippen molar-refractivity contribution in [2.24, 2.45) is 5.92 Å². The first-order valence-corrected chi connectivity index (χ1v) is 7.85. The normalized spacial score (nSPS) is 15.4. The van der Waals surface area contributed by atoms with Gasteiger partial charge in [-0.15, -0.1) is 0 Å². The molecule has 0 saturated heterocycles. The minimum Gasteiger partial charge on any atom is -0.399 e. The topological polar surface area (TPSA) is 55.1 Å². The van der Waals surface area contributed by atoms with Gasteiger partial charge in [0.15, 0.2) is 0 Å². The van der Waals surface area contributed by atoms with Gasteiger partial charge in [-0.25, -0.2) is 0 Å². The van der Waals surface area contributed by atoms with Gasteiger partial charge in [0.25, 0.3) is 0 Å². The van der Waals surface area contributed by atoms with Crippen LogP contribution in [0.25, 0.3) is 0 Å². The number of rotatable bonds is 7. The number of hydrogen-bond acceptors (Lipinski definition) is 2. The third-order valence-corrected chi connectivity index (χ3v) is 4.21. The SMILES string of the molecule is Nc1ccc(CCNC(=O)CCCC2CCCC2)cc1. The van der Waals surface area contributed by atoms with Crippen molar-refractivity contribution in [2.45, 2.75) is 51.4 Å². The standard InChI is InChI=1S/C17H26N2O/c18-16-10-8-15(9-11-16)12-13-19-17(20)7-3-6-14-4-1-2-5-14/h8-11,14H,1-7,12-13,18H2,(H,19,20). The van der Waals surface area contributed by atoms with Gasteiger partial charge in [-0.1, -0.05) is 37.8 Å². The molecule has 0 atom stereocenters. The van der Waals surface area contributed by atoms with Gasteiger partial charge in [-0.2, -0.15) is 0 Å². The number of carbonyl (C=O) groups excluding carboxylic acids is 1. The number of benzene rings is 1. The Morgan fingerprint density at radius 2 is 1.90 bits per heavy atom. The maximum atomic E-state index is 11.7. The molecule has 0 bridgehead atoms. The third-order valence-electron chi connectivity index (χ3n) is 4.21. The van der Waals surface area contributed by atoms with E-state index in [0.717, 1.165) is 24.4 Å². The lowest BCUT2D eigenvalue weighted by Gasteiger charge is -2.09. The lowest BCUT2D eigenvalue weighted by atomic mass is 10.0. The molecule has 0 heterocycles. The smallest absolute Gasteiger partial charge is 0.220 e. The lowest BCUT2D eigenvalue weighted by Crippen LogP contribution is -2.25. The molecule has 3 heteroatoms. The van der Waals surface area contributed by atoms with Gasteiger partial charge in [0, 0.05) is 18.7 Å². The number of nitrogens with two attached hydrogens (primary N) is 1. The highest BCUT2D eigenvalue weighted by molar-refractivity contribution is 5.75. The molecule has 110 valence electrons. The Labute approximate surface area is 121 Å². The molecule has 0 aliphatic heterocycles. The molecule has 1 saturated carbocycles. The summed E-state index contributed by atoms with van der Waals surface area (Å²) in [4.78, 5) is 11.7. The largest absolute Gasteiger partial charge is 0.399 e. The Bertz CT molecular complexity index is 408. The molecule has 1 aliphatic carbocycles. The average molecular weight is 274 g/mol. The Morgan fingerprint density at radius 1 is 1.20 bits per heavy atom. The summed E-state index contributed by atoms with van der Waals surface area (Å²) < 4.78 is 0. The predicted molar refractivity (Wildman–Crippen MR) is 83.4 cm³/mol. The van der Waals surface area contributed by atoms with Crippen molar-refractivity contribution in [2.75, 3.05) is 12.3 Å². The molecular formula is C17H26N2O. The average Bonchev–Trinajstić information content (AvgIpc) is 2.94. The van der Waals surface area contributed by atoms with E-state index in [0.29, 0.717) is 13.0 Å². The number of nitrogen functional groups attached to an aromatic ring is 1. The van der Waals surface area contributed by atoms with Gasteiger partial charge in [0.1, 0.15) is 0 Å². The van der Waals surface area contributed by atoms with Crippen LogP contribution in [0.1, 0.15) is 50.5 Å². The predicted octanol–water partition coefficient (Wildman–Crippen LogP) is 3.29. The molecule has 2 rings (SSSR count). The van der Waals surface area contributed by atoms with Crippen LogP contribution < -0.4 is 11.1 Å². The summed E-state index contributed by atoms with van der Waals surface area (Å²) in [5.41, 5.74) is 7.64. The van der Waals surface area contributed by atoms with Crippen molar-refractivity contribution >= 4 is 11.6 Å². The van der Waals surface area contributed by atoms with Crippen molar-refractivity contribution in [3.8, 4) is 0 Å². The van der Waals surface area contributed by atoms with Crippen LogP contribution >= 0.6 is 0 Å². The van der Waals surface area contributed by atoms with E-state index in [1.807, 2.05) is 24.3 Å². The summed E-state index contributed by atoms with van der Waals surface area (Å²) in [6.07, 6.45) is 9.34. The van der Waals surface area contributed by atoms with Gasteiger partial charge in [0.05, 0.1) is 0 Å². The van der Waals surface area contributed by atoms with Crippen molar-refractivity contribution < 1.29 is 4.79 Å². The Hall–Kier alpha value is -1.51. The first kappa shape index (κ1) is 14.9. The molecule has 1 aromatic rings. The number of amides is 1. The van der Waals surface area contributed by atoms with E-state index < -0.39 is 0 Å². The summed E-state index contributed by atoms with van der Waals surface area (Å²) in [6.45, 7) is 0.714. The van der Waals surface area contributed by atoms with Crippen LogP contribution in [0.2, 0.25) is 0 Å². The third kappa shape index (κ3) is 5.24. The van der Waals surface area contributed by atoms with E-state index in [-0.39, 0.29) is 5.91 Å². The number of anilines is 1. The fraction of sp³-hybridized carbons (Fsp3) is 0.588. The first-order valence-electron chi connectivity index (χ1n) is 7.85. The van der Waals surface area contributed by atoms with Crippen molar-refractivity contribution in [3.63, 3.8) is 0 Å². The maximum absolute atomic E-state index is 11.7. The summed E-state index contributed by atoms with van der Waals surface area (Å²) in [7, 11) is 0. The molecule has 1 aliphatic rings. The highest BCUT2D eigenvalue weighted by Gasteiger charge is 2.14. The molecular weight excluding hydrogens is 248 g/mol. The second-order valence-corrected chi connectivity index (χ2v) is 5.88. The van der Waals surface area contributed by atoms with Crippen LogP contribution in [0.15, 0.2) is 24.3 Å². The van der Waals surface area contributed by atoms with E-state index in [1.165, 1.54) is 37.7 Å². The molecule has 20 heavy (non-hydrogen) atoms. The Morgan fingerprint density at radius 3 is 2.60 bits per heavy atom. The summed E-state index contributed by atoms with van der Waals surface area (Å²) >= 11 is 0. The monoisotopic (exact) mass is 274 g/mol. The van der Waals surface area contributed by atoms with Gasteiger partial charge < -0.3 is 11.1 Å². The summed E-state index contributed by atoms with van der Waals surface area (Å²) in [5, 5.41) is 3.00. The molecule has 1 fully saturated rings. The number of carbonyl (C=O) groups is 1. The molecule has 0 unspecified atom stereocenters. The highest BCUT2D eigenvalue weighted by atomic mass is 16.1. The van der Waals surface area contributed by atoms with Gasteiger partial charge in [0.2, 0.25) is 5.91 Å². The quantitative estimate of drug-likeness (QED) is 0.750. The van der Waals surface area contributed by atoms with Crippen LogP contribution in [-0.4, -0.2) is 12.5 Å².